The number of aromatic nitrogens is 2. The minimum atomic E-state index is 0.203. The van der Waals surface area contributed by atoms with Crippen LogP contribution >= 0.6 is 11.3 Å². The fourth-order valence-electron chi connectivity index (χ4n) is 2.45. The number of nitrogens with one attached hydrogen (secondary N) is 2. The van der Waals surface area contributed by atoms with E-state index < -0.39 is 0 Å². The molecule has 2 aromatic heterocycles. The van der Waals surface area contributed by atoms with E-state index in [1.807, 2.05) is 18.2 Å². The van der Waals surface area contributed by atoms with Crippen molar-refractivity contribution in [3.05, 3.63) is 52.5 Å². The standard InChI is InChI=1S/C16H19N3S/c1-3-12(15-9-6-10-20-15)17-11(2)16-18-13-7-4-5-8-14(13)19-16/h4-12,17H,3H2,1-2H3,(H,18,19). The predicted octanol–water partition coefficient (Wildman–Crippen LogP) is 4.43. The lowest BCUT2D eigenvalue weighted by Crippen LogP contribution is -2.24. The molecule has 0 aliphatic heterocycles. The Balaban J connectivity index is 1.79. The molecular weight excluding hydrogens is 266 g/mol. The van der Waals surface area contributed by atoms with Crippen LogP contribution in [0.2, 0.25) is 0 Å². The predicted molar refractivity (Wildman–Crippen MR) is 85.0 cm³/mol. The van der Waals surface area contributed by atoms with E-state index in [1.165, 1.54) is 4.88 Å². The molecule has 2 heterocycles. The van der Waals surface area contributed by atoms with E-state index in [4.69, 9.17) is 0 Å². The first kappa shape index (κ1) is 13.3. The lowest BCUT2D eigenvalue weighted by Gasteiger charge is -2.20. The summed E-state index contributed by atoms with van der Waals surface area (Å²) in [5.74, 6) is 1.00. The number of hydrogen-bond donors (Lipinski definition) is 2. The molecule has 0 bridgehead atoms. The number of nitrogens with zero attached hydrogens (tertiary/aromatic N) is 1. The smallest absolute Gasteiger partial charge is 0.124 e. The highest BCUT2D eigenvalue weighted by Gasteiger charge is 2.16. The van der Waals surface area contributed by atoms with E-state index in [0.717, 1.165) is 23.3 Å². The van der Waals surface area contributed by atoms with Gasteiger partial charge in [0.2, 0.25) is 0 Å². The Kier molecular flexibility index (Phi) is 3.85. The highest BCUT2D eigenvalue weighted by molar-refractivity contribution is 7.10. The van der Waals surface area contributed by atoms with Crippen LogP contribution in [0.4, 0.5) is 0 Å². The van der Waals surface area contributed by atoms with Crippen LogP contribution in [0.15, 0.2) is 41.8 Å². The summed E-state index contributed by atoms with van der Waals surface area (Å²) >= 11 is 1.80. The third-order valence-electron chi connectivity index (χ3n) is 3.56. The first-order valence-electron chi connectivity index (χ1n) is 7.02. The molecule has 0 saturated heterocycles. The number of aromatic amines is 1. The molecule has 0 radical (unpaired) electrons. The van der Waals surface area contributed by atoms with Crippen molar-refractivity contribution in [2.45, 2.75) is 32.4 Å². The Bertz CT molecular complexity index is 639. The van der Waals surface area contributed by atoms with Gasteiger partial charge >= 0.3 is 0 Å². The van der Waals surface area contributed by atoms with Crippen molar-refractivity contribution in [3.63, 3.8) is 0 Å². The molecule has 2 atom stereocenters. The average molecular weight is 285 g/mol. The van der Waals surface area contributed by atoms with E-state index in [9.17, 15) is 0 Å². The molecule has 0 amide bonds. The Morgan fingerprint density at radius 2 is 2.10 bits per heavy atom. The van der Waals surface area contributed by atoms with Crippen LogP contribution < -0.4 is 5.32 Å². The molecule has 20 heavy (non-hydrogen) atoms. The molecule has 0 spiro atoms. The van der Waals surface area contributed by atoms with Crippen LogP contribution in [0, 0.1) is 0 Å². The lowest BCUT2D eigenvalue weighted by atomic mass is 10.1. The van der Waals surface area contributed by atoms with Gasteiger partial charge in [0, 0.05) is 10.9 Å². The summed E-state index contributed by atoms with van der Waals surface area (Å²) in [6.45, 7) is 4.37. The van der Waals surface area contributed by atoms with E-state index in [1.54, 1.807) is 11.3 Å². The number of imidazole rings is 1. The Morgan fingerprint density at radius 3 is 2.80 bits per heavy atom. The second-order valence-electron chi connectivity index (χ2n) is 5.00. The van der Waals surface area contributed by atoms with Crippen molar-refractivity contribution in [1.82, 2.24) is 15.3 Å². The summed E-state index contributed by atoms with van der Waals surface area (Å²) in [5.41, 5.74) is 2.13. The van der Waals surface area contributed by atoms with Gasteiger partial charge in [0.05, 0.1) is 17.1 Å². The van der Waals surface area contributed by atoms with Gasteiger partial charge < -0.3 is 4.98 Å². The molecule has 1 aromatic carbocycles. The summed E-state index contributed by atoms with van der Waals surface area (Å²) < 4.78 is 0. The number of fused-ring (bicyclic) bond motifs is 1. The molecule has 3 nitrogen and oxygen atoms in total. The van der Waals surface area contributed by atoms with E-state index in [-0.39, 0.29) is 6.04 Å². The van der Waals surface area contributed by atoms with Crippen molar-refractivity contribution >= 4 is 22.4 Å². The van der Waals surface area contributed by atoms with Crippen LogP contribution in [0.25, 0.3) is 11.0 Å². The van der Waals surface area contributed by atoms with Crippen molar-refractivity contribution in [2.24, 2.45) is 0 Å². The fourth-order valence-corrected chi connectivity index (χ4v) is 3.32. The van der Waals surface area contributed by atoms with Crippen molar-refractivity contribution < 1.29 is 0 Å². The molecule has 0 saturated carbocycles. The molecule has 3 rings (SSSR count). The summed E-state index contributed by atoms with van der Waals surface area (Å²) in [7, 11) is 0. The second-order valence-corrected chi connectivity index (χ2v) is 5.98. The third-order valence-corrected chi connectivity index (χ3v) is 4.55. The minimum Gasteiger partial charge on any atom is -0.341 e. The average Bonchev–Trinajstić information content (AvgIpc) is 3.13. The quantitative estimate of drug-likeness (QED) is 0.728. The zero-order valence-electron chi connectivity index (χ0n) is 11.8. The number of benzene rings is 1. The largest absolute Gasteiger partial charge is 0.341 e. The number of hydrogen-bond acceptors (Lipinski definition) is 3. The molecule has 104 valence electrons. The number of rotatable bonds is 5. The molecule has 0 aliphatic rings. The van der Waals surface area contributed by atoms with Gasteiger partial charge in [0.1, 0.15) is 5.82 Å². The SMILES string of the molecule is CCC(NC(C)c1nc2ccccc2[nH]1)c1cccs1. The maximum Gasteiger partial charge on any atom is 0.124 e. The zero-order chi connectivity index (χ0) is 13.9. The second kappa shape index (κ2) is 5.77. The Labute approximate surface area is 123 Å². The summed E-state index contributed by atoms with van der Waals surface area (Å²) in [6.07, 6.45) is 1.07. The Morgan fingerprint density at radius 1 is 1.25 bits per heavy atom. The summed E-state index contributed by atoms with van der Waals surface area (Å²) in [6, 6.07) is 13.0. The van der Waals surface area contributed by atoms with Gasteiger partial charge in [-0.3, -0.25) is 5.32 Å². The van der Waals surface area contributed by atoms with Gasteiger partial charge in [-0.05, 0) is 36.9 Å². The van der Waals surface area contributed by atoms with Crippen LogP contribution in [0.5, 0.6) is 0 Å². The summed E-state index contributed by atoms with van der Waals surface area (Å²) in [4.78, 5) is 9.45. The molecule has 0 fully saturated rings. The van der Waals surface area contributed by atoms with Gasteiger partial charge in [-0.25, -0.2) is 4.98 Å². The first-order valence-corrected chi connectivity index (χ1v) is 7.90. The fraction of sp³-hybridized carbons (Fsp3) is 0.312. The van der Waals surface area contributed by atoms with E-state index >= 15 is 0 Å². The highest BCUT2D eigenvalue weighted by atomic mass is 32.1. The maximum absolute atomic E-state index is 4.67. The normalized spacial score (nSPS) is 14.5. The van der Waals surface area contributed by atoms with E-state index in [0.29, 0.717) is 6.04 Å². The van der Waals surface area contributed by atoms with Crippen molar-refractivity contribution in [1.29, 1.82) is 0 Å². The minimum absolute atomic E-state index is 0.203. The van der Waals surface area contributed by atoms with Gasteiger partial charge in [0.15, 0.2) is 0 Å². The molecule has 4 heteroatoms. The van der Waals surface area contributed by atoms with Crippen molar-refractivity contribution in [3.8, 4) is 0 Å². The number of para-hydroxylation sites is 2. The molecule has 3 aromatic rings. The van der Waals surface area contributed by atoms with Crippen LogP contribution in [-0.2, 0) is 0 Å². The van der Waals surface area contributed by atoms with E-state index in [2.05, 4.69) is 52.7 Å². The van der Waals surface area contributed by atoms with Gasteiger partial charge in [0.25, 0.3) is 0 Å². The highest BCUT2D eigenvalue weighted by Crippen LogP contribution is 2.25. The van der Waals surface area contributed by atoms with Gasteiger partial charge in [-0.2, -0.15) is 0 Å². The topological polar surface area (TPSA) is 40.7 Å². The molecule has 2 N–H and O–H groups in total. The van der Waals surface area contributed by atoms with Gasteiger partial charge in [-0.15, -0.1) is 11.3 Å². The Hall–Kier alpha value is -1.65. The zero-order valence-corrected chi connectivity index (χ0v) is 12.6. The monoisotopic (exact) mass is 285 g/mol. The van der Waals surface area contributed by atoms with Gasteiger partial charge in [-0.1, -0.05) is 25.1 Å². The van der Waals surface area contributed by atoms with Crippen LogP contribution in [0.3, 0.4) is 0 Å². The number of thiophene rings is 1. The van der Waals surface area contributed by atoms with Crippen molar-refractivity contribution in [2.75, 3.05) is 0 Å². The molecule has 0 aliphatic carbocycles. The van der Waals surface area contributed by atoms with Crippen LogP contribution in [-0.4, -0.2) is 9.97 Å². The first-order chi connectivity index (χ1) is 9.78. The maximum atomic E-state index is 4.67. The third kappa shape index (κ3) is 2.62. The molecular formula is C16H19N3S. The van der Waals surface area contributed by atoms with Crippen LogP contribution in [0.1, 0.15) is 43.1 Å². The number of H-pyrrole nitrogens is 1. The lowest BCUT2D eigenvalue weighted by molar-refractivity contribution is 0.450. The summed E-state index contributed by atoms with van der Waals surface area (Å²) in [5, 5.41) is 5.79. The molecule has 2 unspecified atom stereocenters.